The van der Waals surface area contributed by atoms with Gasteiger partial charge in [0.15, 0.2) is 16.9 Å². The molecular formula is C18H16BrN7O3. The van der Waals surface area contributed by atoms with E-state index in [-0.39, 0.29) is 35.2 Å². The van der Waals surface area contributed by atoms with Gasteiger partial charge >= 0.3 is 5.69 Å². The first kappa shape index (κ1) is 18.9. The second-order valence-electron chi connectivity index (χ2n) is 6.66. The highest BCUT2D eigenvalue weighted by Crippen LogP contribution is 2.37. The summed E-state index contributed by atoms with van der Waals surface area (Å²) >= 11 is 3.39. The van der Waals surface area contributed by atoms with E-state index in [1.165, 1.54) is 16.2 Å². The van der Waals surface area contributed by atoms with E-state index in [1.807, 2.05) is 6.07 Å². The van der Waals surface area contributed by atoms with E-state index >= 15 is 0 Å². The lowest BCUT2D eigenvalue weighted by Crippen LogP contribution is -2.29. The zero-order chi connectivity index (χ0) is 20.9. The Bertz CT molecular complexity index is 1440. The highest BCUT2D eigenvalue weighted by Gasteiger charge is 2.18. The molecule has 0 atom stereocenters. The Balaban J connectivity index is 1.94. The first-order valence-electron chi connectivity index (χ1n) is 8.52. The summed E-state index contributed by atoms with van der Waals surface area (Å²) in [6.07, 6.45) is 0. The molecule has 11 heteroatoms. The van der Waals surface area contributed by atoms with Gasteiger partial charge in [-0.2, -0.15) is 4.98 Å². The Kier molecular flexibility index (Phi) is 4.46. The summed E-state index contributed by atoms with van der Waals surface area (Å²) in [4.78, 5) is 33.7. The Morgan fingerprint density at radius 3 is 2.79 bits per heavy atom. The molecule has 0 aliphatic heterocycles. The topological polar surface area (TPSA) is 133 Å². The molecule has 148 valence electrons. The monoisotopic (exact) mass is 457 g/mol. The average molecular weight is 458 g/mol. The Hall–Kier alpha value is -3.47. The maximum absolute atomic E-state index is 12.4. The number of aromatic amines is 2. The molecule has 0 aliphatic rings. The number of fused-ring (bicyclic) bond motifs is 2. The van der Waals surface area contributed by atoms with Crippen molar-refractivity contribution in [3.05, 3.63) is 55.7 Å². The van der Waals surface area contributed by atoms with Crippen molar-refractivity contribution in [3.63, 3.8) is 0 Å². The van der Waals surface area contributed by atoms with Crippen molar-refractivity contribution in [2.75, 3.05) is 0 Å². The van der Waals surface area contributed by atoms with Crippen LogP contribution in [-0.2, 0) is 13.6 Å². The van der Waals surface area contributed by atoms with Gasteiger partial charge in [0.1, 0.15) is 0 Å². The van der Waals surface area contributed by atoms with Gasteiger partial charge in [-0.3, -0.25) is 18.9 Å². The fourth-order valence-electron chi connectivity index (χ4n) is 3.05. The van der Waals surface area contributed by atoms with Crippen LogP contribution in [0.25, 0.3) is 22.1 Å². The highest BCUT2D eigenvalue weighted by atomic mass is 79.9. The average Bonchev–Trinajstić information content (AvgIpc) is 3.15. The summed E-state index contributed by atoms with van der Waals surface area (Å²) in [5.41, 5.74) is 0.900. The lowest BCUT2D eigenvalue weighted by atomic mass is 10.2. The fraction of sp³-hybridized carbons (Fsp3) is 0.167. The number of H-pyrrole nitrogens is 2. The molecule has 0 radical (unpaired) electrons. The molecule has 0 saturated carbocycles. The number of aryl methyl sites for hydroxylation is 1. The van der Waals surface area contributed by atoms with E-state index < -0.39 is 11.2 Å². The number of benzene rings is 1. The van der Waals surface area contributed by atoms with Crippen molar-refractivity contribution >= 4 is 49.6 Å². The van der Waals surface area contributed by atoms with Crippen LogP contribution in [0, 0.1) is 0 Å². The van der Waals surface area contributed by atoms with E-state index in [2.05, 4.69) is 47.7 Å². The molecule has 4 aromatic rings. The number of nitrogens with zero attached hydrogens (tertiary/aromatic N) is 5. The molecule has 0 fully saturated rings. The van der Waals surface area contributed by atoms with Gasteiger partial charge in [0.2, 0.25) is 5.88 Å². The highest BCUT2D eigenvalue weighted by molar-refractivity contribution is 9.10. The summed E-state index contributed by atoms with van der Waals surface area (Å²) in [5, 5.41) is 19.2. The number of imidazole rings is 1. The van der Waals surface area contributed by atoms with Gasteiger partial charge in [0.05, 0.1) is 5.52 Å². The maximum Gasteiger partial charge on any atom is 0.329 e. The van der Waals surface area contributed by atoms with E-state index in [0.29, 0.717) is 10.9 Å². The van der Waals surface area contributed by atoms with Gasteiger partial charge < -0.3 is 10.1 Å². The zero-order valence-corrected chi connectivity index (χ0v) is 17.1. The SMILES string of the molecule is C=C(C)Cn1c(N=Nc2c(O)[nH]c3ccc(Br)cc23)nc2c1c(=O)[nH]c(=O)n2C. The zero-order valence-electron chi connectivity index (χ0n) is 15.5. The summed E-state index contributed by atoms with van der Waals surface area (Å²) in [5.74, 6) is -0.0342. The summed E-state index contributed by atoms with van der Waals surface area (Å²) in [6, 6.07) is 5.42. The number of aromatic nitrogens is 5. The van der Waals surface area contributed by atoms with E-state index in [1.54, 1.807) is 19.1 Å². The minimum atomic E-state index is -0.579. The Morgan fingerprint density at radius 1 is 1.31 bits per heavy atom. The van der Waals surface area contributed by atoms with Crippen LogP contribution in [0.2, 0.25) is 0 Å². The third-order valence-corrected chi connectivity index (χ3v) is 4.86. The van der Waals surface area contributed by atoms with Crippen LogP contribution in [-0.4, -0.2) is 29.2 Å². The molecule has 3 aromatic heterocycles. The van der Waals surface area contributed by atoms with Crippen LogP contribution in [0.3, 0.4) is 0 Å². The first-order chi connectivity index (χ1) is 13.8. The molecule has 0 amide bonds. The fourth-order valence-corrected chi connectivity index (χ4v) is 3.41. The molecular weight excluding hydrogens is 442 g/mol. The molecule has 3 heterocycles. The van der Waals surface area contributed by atoms with Crippen molar-refractivity contribution in [2.24, 2.45) is 17.3 Å². The number of aromatic hydroxyl groups is 1. The third-order valence-electron chi connectivity index (χ3n) is 4.37. The molecule has 4 rings (SSSR count). The Labute approximate surface area is 171 Å². The maximum atomic E-state index is 12.4. The minimum absolute atomic E-state index is 0.110. The van der Waals surface area contributed by atoms with Crippen LogP contribution in [0.5, 0.6) is 5.88 Å². The van der Waals surface area contributed by atoms with Crippen molar-refractivity contribution in [3.8, 4) is 5.88 Å². The van der Waals surface area contributed by atoms with Crippen LogP contribution in [0.1, 0.15) is 6.92 Å². The predicted octanol–water partition coefficient (Wildman–Crippen LogP) is 3.36. The quantitative estimate of drug-likeness (QED) is 0.319. The number of hydrogen-bond acceptors (Lipinski definition) is 6. The van der Waals surface area contributed by atoms with Gasteiger partial charge in [-0.05, 0) is 25.1 Å². The second-order valence-corrected chi connectivity index (χ2v) is 7.57. The van der Waals surface area contributed by atoms with Gasteiger partial charge in [-0.15, -0.1) is 10.2 Å². The van der Waals surface area contributed by atoms with Crippen LogP contribution in [0.4, 0.5) is 11.6 Å². The lowest BCUT2D eigenvalue weighted by Gasteiger charge is -2.05. The number of rotatable bonds is 4. The number of allylic oxidation sites excluding steroid dienone is 1. The molecule has 1 aromatic carbocycles. The summed E-state index contributed by atoms with van der Waals surface area (Å²) in [7, 11) is 1.50. The lowest BCUT2D eigenvalue weighted by molar-refractivity contribution is 0.459. The number of nitrogens with one attached hydrogen (secondary N) is 2. The molecule has 3 N–H and O–H groups in total. The smallest absolute Gasteiger partial charge is 0.329 e. The van der Waals surface area contributed by atoms with E-state index in [4.69, 9.17) is 0 Å². The van der Waals surface area contributed by atoms with Gasteiger partial charge in [-0.1, -0.05) is 28.1 Å². The minimum Gasteiger partial charge on any atom is -0.493 e. The van der Waals surface area contributed by atoms with Crippen LogP contribution < -0.4 is 11.2 Å². The molecule has 0 bridgehead atoms. The molecule has 10 nitrogen and oxygen atoms in total. The predicted molar refractivity (Wildman–Crippen MR) is 112 cm³/mol. The number of azo groups is 1. The molecule has 29 heavy (non-hydrogen) atoms. The van der Waals surface area contributed by atoms with Crippen molar-refractivity contribution in [2.45, 2.75) is 13.5 Å². The van der Waals surface area contributed by atoms with Crippen LogP contribution in [0.15, 0.2) is 54.6 Å². The molecule has 0 unspecified atom stereocenters. The van der Waals surface area contributed by atoms with Gasteiger partial charge in [0, 0.05) is 23.5 Å². The number of halogens is 1. The van der Waals surface area contributed by atoms with Crippen LogP contribution >= 0.6 is 15.9 Å². The van der Waals surface area contributed by atoms with Gasteiger partial charge in [-0.25, -0.2) is 4.79 Å². The standard InChI is InChI=1S/C18H16BrN7O3/c1-8(2)7-26-13-14(25(3)18(29)22-16(13)28)21-17(26)24-23-12-10-6-9(19)4-5-11(10)20-15(12)27/h4-6,20,27H,1,7H2,2-3H3,(H,22,28,29). The van der Waals surface area contributed by atoms with E-state index in [9.17, 15) is 14.7 Å². The summed E-state index contributed by atoms with van der Waals surface area (Å²) < 4.78 is 3.57. The largest absolute Gasteiger partial charge is 0.493 e. The number of hydrogen-bond donors (Lipinski definition) is 3. The summed E-state index contributed by atoms with van der Waals surface area (Å²) in [6.45, 7) is 5.93. The van der Waals surface area contributed by atoms with Crippen molar-refractivity contribution < 1.29 is 5.11 Å². The molecule has 0 aliphatic carbocycles. The normalized spacial score (nSPS) is 11.8. The first-order valence-corrected chi connectivity index (χ1v) is 9.31. The van der Waals surface area contributed by atoms with Crippen molar-refractivity contribution in [1.29, 1.82) is 0 Å². The van der Waals surface area contributed by atoms with E-state index in [0.717, 1.165) is 10.0 Å². The van der Waals surface area contributed by atoms with Crippen molar-refractivity contribution in [1.82, 2.24) is 24.1 Å². The molecule has 0 spiro atoms. The second kappa shape index (κ2) is 6.85. The Morgan fingerprint density at radius 2 is 2.07 bits per heavy atom. The van der Waals surface area contributed by atoms with Gasteiger partial charge in [0.25, 0.3) is 11.5 Å². The molecule has 0 saturated heterocycles. The third kappa shape index (κ3) is 3.18.